The van der Waals surface area contributed by atoms with Crippen molar-refractivity contribution in [1.29, 1.82) is 0 Å². The lowest BCUT2D eigenvalue weighted by Crippen LogP contribution is -2.29. The summed E-state index contributed by atoms with van der Waals surface area (Å²) in [5, 5.41) is 13.7. The van der Waals surface area contributed by atoms with Crippen LogP contribution in [0, 0.1) is 11.3 Å². The van der Waals surface area contributed by atoms with Gasteiger partial charge < -0.3 is 15.2 Å². The monoisotopic (exact) mass is 499 g/mol. The fraction of sp³-hybridized carbons (Fsp3) is 0.433. The van der Waals surface area contributed by atoms with Gasteiger partial charge in [0.15, 0.2) is 0 Å². The van der Waals surface area contributed by atoms with Crippen LogP contribution in [0.4, 0.5) is 10.5 Å². The topological polar surface area (TPSA) is 91.8 Å². The summed E-state index contributed by atoms with van der Waals surface area (Å²) >= 11 is 0. The molecule has 7 heteroatoms. The van der Waals surface area contributed by atoms with Gasteiger partial charge in [0.05, 0.1) is 18.1 Å². The number of rotatable bonds is 7. The molecular formula is C30H33N3O4. The van der Waals surface area contributed by atoms with Crippen LogP contribution in [0.2, 0.25) is 0 Å². The van der Waals surface area contributed by atoms with Gasteiger partial charge in [-0.25, -0.2) is 4.79 Å². The third-order valence-corrected chi connectivity index (χ3v) is 8.56. The fourth-order valence-corrected chi connectivity index (χ4v) is 5.88. The number of pyridine rings is 1. The number of hydrogen-bond acceptors (Lipinski definition) is 5. The van der Waals surface area contributed by atoms with Crippen LogP contribution in [-0.2, 0) is 17.6 Å². The third kappa shape index (κ3) is 4.68. The molecule has 2 atom stereocenters. The summed E-state index contributed by atoms with van der Waals surface area (Å²) in [6, 6.07) is 15.0. The van der Waals surface area contributed by atoms with Crippen molar-refractivity contribution < 1.29 is 19.4 Å². The summed E-state index contributed by atoms with van der Waals surface area (Å²) in [6.07, 6.45) is 6.04. The van der Waals surface area contributed by atoms with Gasteiger partial charge in [-0.1, -0.05) is 19.1 Å². The molecule has 2 N–H and O–H groups in total. The number of amides is 2. The van der Waals surface area contributed by atoms with Crippen molar-refractivity contribution in [3.8, 4) is 0 Å². The third-order valence-electron chi connectivity index (χ3n) is 8.56. The second-order valence-corrected chi connectivity index (χ2v) is 11.0. The van der Waals surface area contributed by atoms with E-state index in [1.54, 1.807) is 4.90 Å². The maximum atomic E-state index is 13.3. The number of nitrogens with zero attached hydrogens (tertiary/aromatic N) is 2. The standard InChI is InChI=1S/C30H33N3O4/c1-30(11-12-30)23-5-9-26-22(18-23)17-21-16-20(4-8-25(21)31-26)28(35)32-27(10-14-34)19-2-6-24(7-3-19)33-13-15-37-29(33)36/h2-4,6-8,16-17,23,27,34H,5,9-15,18H2,1H3,(H,32,35)/t23-,27+/m0/s1. The number of aliphatic hydroxyl groups excluding tert-OH is 1. The van der Waals surface area contributed by atoms with Gasteiger partial charge in [-0.3, -0.25) is 14.7 Å². The molecule has 1 aliphatic heterocycles. The number of benzene rings is 2. The molecule has 3 aromatic rings. The Morgan fingerprint density at radius 2 is 2.03 bits per heavy atom. The maximum absolute atomic E-state index is 13.3. The Hall–Kier alpha value is -3.45. The maximum Gasteiger partial charge on any atom is 0.414 e. The average molecular weight is 500 g/mol. The van der Waals surface area contributed by atoms with Crippen molar-refractivity contribution in [2.24, 2.45) is 11.3 Å². The molecule has 0 bridgehead atoms. The van der Waals surface area contributed by atoms with Crippen LogP contribution in [-0.4, -0.2) is 41.8 Å². The van der Waals surface area contributed by atoms with Crippen LogP contribution in [0.25, 0.3) is 10.9 Å². The van der Waals surface area contributed by atoms with E-state index in [4.69, 9.17) is 9.72 Å². The van der Waals surface area contributed by atoms with Crippen molar-refractivity contribution in [3.63, 3.8) is 0 Å². The Labute approximate surface area is 216 Å². The molecule has 2 aromatic carbocycles. The van der Waals surface area contributed by atoms with Gasteiger partial charge in [0.1, 0.15) is 6.61 Å². The Balaban J connectivity index is 1.20. The highest BCUT2D eigenvalue weighted by Crippen LogP contribution is 2.55. The number of fused-ring (bicyclic) bond motifs is 2. The van der Waals surface area contributed by atoms with E-state index in [2.05, 4.69) is 18.3 Å². The number of aryl methyl sites for hydroxylation is 1. The van der Waals surface area contributed by atoms with Gasteiger partial charge in [-0.05, 0) is 97.4 Å². The van der Waals surface area contributed by atoms with E-state index >= 15 is 0 Å². The lowest BCUT2D eigenvalue weighted by molar-refractivity contribution is 0.0930. The van der Waals surface area contributed by atoms with Gasteiger partial charge in [0.2, 0.25) is 0 Å². The molecular weight excluding hydrogens is 466 g/mol. The molecule has 0 spiro atoms. The number of nitrogens with one attached hydrogen (secondary N) is 1. The second kappa shape index (κ2) is 9.45. The molecule has 192 valence electrons. The zero-order valence-corrected chi connectivity index (χ0v) is 21.2. The summed E-state index contributed by atoms with van der Waals surface area (Å²) in [6.45, 7) is 3.26. The Morgan fingerprint density at radius 3 is 2.73 bits per heavy atom. The largest absolute Gasteiger partial charge is 0.447 e. The molecule has 2 heterocycles. The minimum atomic E-state index is -0.352. The van der Waals surface area contributed by atoms with Crippen LogP contribution in [0.5, 0.6) is 0 Å². The predicted molar refractivity (Wildman–Crippen MR) is 142 cm³/mol. The number of aromatic nitrogens is 1. The number of carbonyl (C=O) groups is 2. The van der Waals surface area contributed by atoms with Gasteiger partial charge in [0.25, 0.3) is 5.91 Å². The minimum absolute atomic E-state index is 0.0565. The number of ether oxygens (including phenoxy) is 1. The molecule has 2 amide bonds. The van der Waals surface area contributed by atoms with Crippen LogP contribution in [0.1, 0.15) is 65.8 Å². The van der Waals surface area contributed by atoms with Crippen molar-refractivity contribution in [2.75, 3.05) is 24.7 Å². The number of carbonyl (C=O) groups excluding carboxylic acids is 2. The second-order valence-electron chi connectivity index (χ2n) is 11.0. The first-order chi connectivity index (χ1) is 17.9. The molecule has 7 nitrogen and oxygen atoms in total. The predicted octanol–water partition coefficient (Wildman–Crippen LogP) is 4.95. The van der Waals surface area contributed by atoms with Gasteiger partial charge in [-0.2, -0.15) is 0 Å². The minimum Gasteiger partial charge on any atom is -0.447 e. The zero-order valence-electron chi connectivity index (χ0n) is 21.2. The quantitative estimate of drug-likeness (QED) is 0.480. The molecule has 0 unspecified atom stereocenters. The van der Waals surface area contributed by atoms with Crippen molar-refractivity contribution in [1.82, 2.24) is 10.3 Å². The van der Waals surface area contributed by atoms with E-state index in [9.17, 15) is 14.7 Å². The van der Waals surface area contributed by atoms with E-state index in [1.807, 2.05) is 42.5 Å². The molecule has 2 aliphatic carbocycles. The van der Waals surface area contributed by atoms with Crippen molar-refractivity contribution >= 4 is 28.6 Å². The van der Waals surface area contributed by atoms with E-state index in [-0.39, 0.29) is 24.6 Å². The summed E-state index contributed by atoms with van der Waals surface area (Å²) in [5.74, 6) is 0.543. The molecule has 37 heavy (non-hydrogen) atoms. The van der Waals surface area contributed by atoms with Crippen LogP contribution < -0.4 is 10.2 Å². The van der Waals surface area contributed by atoms with Gasteiger partial charge in [-0.15, -0.1) is 0 Å². The van der Waals surface area contributed by atoms with Gasteiger partial charge >= 0.3 is 6.09 Å². The Bertz CT molecular complexity index is 1350. The smallest absolute Gasteiger partial charge is 0.414 e. The molecule has 2 fully saturated rings. The molecule has 1 saturated heterocycles. The summed E-state index contributed by atoms with van der Waals surface area (Å²) in [5.41, 5.74) is 6.17. The van der Waals surface area contributed by atoms with E-state index in [0.29, 0.717) is 30.6 Å². The molecule has 1 aromatic heterocycles. The van der Waals surface area contributed by atoms with Crippen LogP contribution in [0.3, 0.4) is 0 Å². The Morgan fingerprint density at radius 1 is 1.22 bits per heavy atom. The summed E-state index contributed by atoms with van der Waals surface area (Å²) in [7, 11) is 0. The van der Waals surface area contributed by atoms with Crippen LogP contribution in [0.15, 0.2) is 48.5 Å². The lowest BCUT2D eigenvalue weighted by atomic mass is 9.77. The first-order valence-corrected chi connectivity index (χ1v) is 13.3. The first-order valence-electron chi connectivity index (χ1n) is 13.3. The lowest BCUT2D eigenvalue weighted by Gasteiger charge is -2.29. The number of aliphatic hydroxyl groups is 1. The Kier molecular flexibility index (Phi) is 6.11. The highest BCUT2D eigenvalue weighted by Gasteiger charge is 2.45. The van der Waals surface area contributed by atoms with E-state index in [0.717, 1.165) is 40.9 Å². The number of cyclic esters (lactones) is 1. The van der Waals surface area contributed by atoms with Crippen LogP contribution >= 0.6 is 0 Å². The summed E-state index contributed by atoms with van der Waals surface area (Å²) in [4.78, 5) is 31.6. The zero-order chi connectivity index (χ0) is 25.6. The van der Waals surface area contributed by atoms with Crippen molar-refractivity contribution in [2.45, 2.75) is 51.5 Å². The summed E-state index contributed by atoms with van der Waals surface area (Å²) < 4.78 is 5.01. The molecule has 1 saturated carbocycles. The number of hydrogen-bond donors (Lipinski definition) is 2. The molecule has 3 aliphatic rings. The van der Waals surface area contributed by atoms with E-state index < -0.39 is 0 Å². The van der Waals surface area contributed by atoms with Crippen molar-refractivity contribution in [3.05, 3.63) is 70.9 Å². The highest BCUT2D eigenvalue weighted by molar-refractivity contribution is 5.98. The van der Waals surface area contributed by atoms with E-state index in [1.165, 1.54) is 30.5 Å². The SMILES string of the molecule is CC1([C@H]2CCc3nc4ccc(C(=O)N[C@H](CCO)c5ccc(N6CCOC6=O)cc5)cc4cc3C2)CC1. The molecule has 6 rings (SSSR count). The first kappa shape index (κ1) is 23.9. The normalized spacial score (nSPS) is 20.9. The fourth-order valence-electron chi connectivity index (χ4n) is 5.88. The van der Waals surface area contributed by atoms with Gasteiger partial charge in [0, 0.05) is 28.9 Å². The molecule has 0 radical (unpaired) electrons. The average Bonchev–Trinajstić information content (AvgIpc) is 3.52. The highest BCUT2D eigenvalue weighted by atomic mass is 16.6. The number of anilines is 1.